The van der Waals surface area contributed by atoms with Gasteiger partial charge in [-0.15, -0.1) is 0 Å². The summed E-state index contributed by atoms with van der Waals surface area (Å²) in [6.45, 7) is 1.83. The van der Waals surface area contributed by atoms with Crippen molar-refractivity contribution >= 4 is 51.9 Å². The fraction of sp³-hybridized carbons (Fsp3) is 0.103. The van der Waals surface area contributed by atoms with Crippen molar-refractivity contribution in [3.63, 3.8) is 0 Å². The lowest BCUT2D eigenvalue weighted by molar-refractivity contribution is -0.136. The van der Waals surface area contributed by atoms with Gasteiger partial charge in [0.05, 0.1) is 18.1 Å². The smallest absolute Gasteiger partial charge is 0.355 e. The van der Waals surface area contributed by atoms with E-state index in [1.165, 1.54) is 18.2 Å². The third-order valence-electron chi connectivity index (χ3n) is 6.04. The van der Waals surface area contributed by atoms with Crippen LogP contribution in [0.25, 0.3) is 11.0 Å². The van der Waals surface area contributed by atoms with Crippen LogP contribution in [0.5, 0.6) is 0 Å². The van der Waals surface area contributed by atoms with Gasteiger partial charge in [0.2, 0.25) is 5.78 Å². The topological polar surface area (TPSA) is 203 Å². The second-order valence-corrected chi connectivity index (χ2v) is 8.96. The van der Waals surface area contributed by atoms with Crippen molar-refractivity contribution in [2.75, 3.05) is 12.4 Å². The Kier molecular flexibility index (Phi) is 8.61. The average molecular weight is 569 g/mol. The number of carbonyl (C=O) groups excluding carboxylic acids is 5. The summed E-state index contributed by atoms with van der Waals surface area (Å²) in [5.74, 6) is -6.08. The summed E-state index contributed by atoms with van der Waals surface area (Å²) in [6.07, 6.45) is 0. The van der Waals surface area contributed by atoms with Crippen LogP contribution in [0.1, 0.15) is 33.1 Å². The molecule has 13 heteroatoms. The second-order valence-electron chi connectivity index (χ2n) is 8.96. The van der Waals surface area contributed by atoms with Gasteiger partial charge in [-0.1, -0.05) is 48.0 Å². The molecule has 212 valence electrons. The number of aryl methyl sites for hydroxylation is 1. The van der Waals surface area contributed by atoms with E-state index in [2.05, 4.69) is 20.4 Å². The maximum absolute atomic E-state index is 13.5. The number of rotatable bonds is 9. The van der Waals surface area contributed by atoms with Gasteiger partial charge >= 0.3 is 12.0 Å². The SMILES string of the molecule is COC(=O)/C(=N/NC(N)=O)[C@@H](C(=O)C(=O)Nc1ccc(C)cc1)c1nc2ccc(C(=O)c3ccccc3)cc2[nH]c1=O. The number of hydrogen-bond acceptors (Lipinski definition) is 9. The van der Waals surface area contributed by atoms with Gasteiger partial charge in [0.1, 0.15) is 11.6 Å². The van der Waals surface area contributed by atoms with Crippen molar-refractivity contribution in [3.8, 4) is 0 Å². The minimum absolute atomic E-state index is 0.123. The number of aromatic amines is 1. The number of methoxy groups -OCH3 is 1. The molecule has 1 atom stereocenters. The summed E-state index contributed by atoms with van der Waals surface area (Å²) in [5.41, 5.74) is 6.62. The minimum Gasteiger partial charge on any atom is -0.464 e. The lowest BCUT2D eigenvalue weighted by atomic mass is 9.93. The van der Waals surface area contributed by atoms with Crippen molar-refractivity contribution in [2.45, 2.75) is 12.8 Å². The number of H-pyrrole nitrogens is 1. The molecule has 1 heterocycles. The molecular weight excluding hydrogens is 544 g/mol. The Hall–Kier alpha value is -5.98. The molecule has 0 saturated carbocycles. The molecular formula is C29H24N6O7. The number of hydrogen-bond donors (Lipinski definition) is 4. The molecule has 3 aromatic carbocycles. The fourth-order valence-electron chi connectivity index (χ4n) is 3.98. The number of carbonyl (C=O) groups is 5. The maximum atomic E-state index is 13.5. The zero-order valence-corrected chi connectivity index (χ0v) is 22.3. The summed E-state index contributed by atoms with van der Waals surface area (Å²) in [4.78, 5) is 83.6. The number of primary amides is 1. The quantitative estimate of drug-likeness (QED) is 0.0770. The van der Waals surface area contributed by atoms with Crippen molar-refractivity contribution in [1.29, 1.82) is 0 Å². The number of fused-ring (bicyclic) bond motifs is 1. The van der Waals surface area contributed by atoms with Gasteiger partial charge in [0, 0.05) is 16.8 Å². The molecule has 0 bridgehead atoms. The van der Waals surface area contributed by atoms with Crippen molar-refractivity contribution in [3.05, 3.63) is 106 Å². The highest BCUT2D eigenvalue weighted by Gasteiger charge is 2.39. The number of nitrogens with one attached hydrogen (secondary N) is 3. The third kappa shape index (κ3) is 6.42. The molecule has 13 nitrogen and oxygen atoms in total. The van der Waals surface area contributed by atoms with Crippen LogP contribution in [-0.4, -0.2) is 52.3 Å². The molecule has 1 aromatic heterocycles. The highest BCUT2D eigenvalue weighted by atomic mass is 16.5. The summed E-state index contributed by atoms with van der Waals surface area (Å²) in [7, 11) is 0.972. The summed E-state index contributed by atoms with van der Waals surface area (Å²) in [6, 6.07) is 18.1. The van der Waals surface area contributed by atoms with Crippen LogP contribution in [0.15, 0.2) is 82.7 Å². The van der Waals surface area contributed by atoms with Crippen LogP contribution in [0.3, 0.4) is 0 Å². The number of esters is 1. The number of ketones is 2. The van der Waals surface area contributed by atoms with E-state index in [-0.39, 0.29) is 28.1 Å². The largest absolute Gasteiger partial charge is 0.464 e. The van der Waals surface area contributed by atoms with Gasteiger partial charge in [-0.3, -0.25) is 19.2 Å². The van der Waals surface area contributed by atoms with E-state index in [1.54, 1.807) is 54.6 Å². The summed E-state index contributed by atoms with van der Waals surface area (Å²) < 4.78 is 4.70. The van der Waals surface area contributed by atoms with Gasteiger partial charge in [-0.2, -0.15) is 5.10 Å². The van der Waals surface area contributed by atoms with Crippen molar-refractivity contribution in [2.24, 2.45) is 10.8 Å². The van der Waals surface area contributed by atoms with Crippen LogP contribution in [0.4, 0.5) is 10.5 Å². The van der Waals surface area contributed by atoms with Gasteiger partial charge in [0.15, 0.2) is 11.5 Å². The molecule has 0 aliphatic heterocycles. The Bertz CT molecular complexity index is 1800. The Labute approximate surface area is 237 Å². The molecule has 4 rings (SSSR count). The fourth-order valence-corrected chi connectivity index (χ4v) is 3.98. The monoisotopic (exact) mass is 568 g/mol. The van der Waals surface area contributed by atoms with Gasteiger partial charge < -0.3 is 20.8 Å². The number of Topliss-reactive ketones (excluding diaryl/α,β-unsaturated/α-hetero) is 1. The van der Waals surface area contributed by atoms with E-state index in [9.17, 15) is 28.8 Å². The van der Waals surface area contributed by atoms with Gasteiger partial charge in [0.25, 0.3) is 11.5 Å². The highest BCUT2D eigenvalue weighted by molar-refractivity contribution is 6.53. The molecule has 0 aliphatic carbocycles. The normalized spacial score (nSPS) is 11.8. The molecule has 42 heavy (non-hydrogen) atoms. The van der Waals surface area contributed by atoms with Crippen molar-refractivity contribution < 1.29 is 28.7 Å². The van der Waals surface area contributed by atoms with Crippen LogP contribution in [0.2, 0.25) is 0 Å². The number of urea groups is 1. The first-order valence-electron chi connectivity index (χ1n) is 12.4. The van der Waals surface area contributed by atoms with E-state index in [0.29, 0.717) is 5.56 Å². The number of hydrazone groups is 1. The average Bonchev–Trinajstić information content (AvgIpc) is 2.99. The molecule has 0 unspecified atom stereocenters. The maximum Gasteiger partial charge on any atom is 0.355 e. The standard InChI is InChI=1S/C29H24N6O7/c1-15-8-11-18(12-9-15)31-27(39)25(37)21(23(28(40)42-2)34-35-29(30)41)22-26(38)33-20-14-17(10-13-19(20)32-22)24(36)16-6-4-3-5-7-16/h3-14,21H,1-2H3,(H,31,39)(H,33,38)(H3,30,35,41)/b34-23+/t21-/m0/s1. The number of anilines is 1. The zero-order chi connectivity index (χ0) is 30.4. The van der Waals surface area contributed by atoms with E-state index in [0.717, 1.165) is 12.7 Å². The predicted molar refractivity (Wildman–Crippen MR) is 152 cm³/mol. The summed E-state index contributed by atoms with van der Waals surface area (Å²) >= 11 is 0. The number of aromatic nitrogens is 2. The Morgan fingerprint density at radius 3 is 2.29 bits per heavy atom. The van der Waals surface area contributed by atoms with Crippen molar-refractivity contribution in [1.82, 2.24) is 15.4 Å². The number of amides is 3. The highest BCUT2D eigenvalue weighted by Crippen LogP contribution is 2.21. The van der Waals surface area contributed by atoms with Crippen LogP contribution in [0, 0.1) is 6.92 Å². The third-order valence-corrected chi connectivity index (χ3v) is 6.04. The minimum atomic E-state index is -2.02. The number of nitrogens with zero attached hydrogens (tertiary/aromatic N) is 2. The molecule has 4 aromatic rings. The first kappa shape index (κ1) is 29.0. The van der Waals surface area contributed by atoms with Gasteiger partial charge in [-0.25, -0.2) is 20.0 Å². The molecule has 0 fully saturated rings. The molecule has 0 spiro atoms. The van der Waals surface area contributed by atoms with Crippen LogP contribution >= 0.6 is 0 Å². The van der Waals surface area contributed by atoms with Crippen LogP contribution < -0.4 is 22.0 Å². The first-order chi connectivity index (χ1) is 20.1. The predicted octanol–water partition coefficient (Wildman–Crippen LogP) is 1.95. The molecule has 5 N–H and O–H groups in total. The van der Waals surface area contributed by atoms with E-state index >= 15 is 0 Å². The Morgan fingerprint density at radius 2 is 1.64 bits per heavy atom. The number of nitrogens with two attached hydrogens (primary N) is 1. The van der Waals surface area contributed by atoms with E-state index in [4.69, 9.17) is 10.5 Å². The molecule has 0 saturated heterocycles. The van der Waals surface area contributed by atoms with E-state index < -0.39 is 46.6 Å². The van der Waals surface area contributed by atoms with E-state index in [1.807, 2.05) is 12.3 Å². The lowest BCUT2D eigenvalue weighted by Crippen LogP contribution is -2.41. The number of benzene rings is 3. The van der Waals surface area contributed by atoms with Crippen LogP contribution in [-0.2, 0) is 19.1 Å². The molecule has 0 radical (unpaired) electrons. The zero-order valence-electron chi connectivity index (χ0n) is 22.3. The Morgan fingerprint density at radius 1 is 0.952 bits per heavy atom. The molecule has 0 aliphatic rings. The lowest BCUT2D eigenvalue weighted by Gasteiger charge is -2.16. The molecule has 3 amide bonds. The number of ether oxygens (including phenoxy) is 1. The first-order valence-corrected chi connectivity index (χ1v) is 12.4. The second kappa shape index (κ2) is 12.5. The van der Waals surface area contributed by atoms with Gasteiger partial charge in [-0.05, 0) is 37.3 Å². The Balaban J connectivity index is 1.81. The summed E-state index contributed by atoms with van der Waals surface area (Å²) in [5, 5.41) is 5.97.